The van der Waals surface area contributed by atoms with Crippen molar-refractivity contribution in [2.24, 2.45) is 0 Å². The van der Waals surface area contributed by atoms with Gasteiger partial charge < -0.3 is 10.4 Å². The SMILES string of the molecule is C#CCNC(=O)c1[nH]nc(C)c1O. The van der Waals surface area contributed by atoms with Crippen LogP contribution in [0.25, 0.3) is 0 Å². The van der Waals surface area contributed by atoms with Crippen LogP contribution in [0.3, 0.4) is 0 Å². The molecule has 1 rings (SSSR count). The Labute approximate surface area is 75.2 Å². The minimum Gasteiger partial charge on any atom is -0.504 e. The maximum absolute atomic E-state index is 11.2. The van der Waals surface area contributed by atoms with Crippen molar-refractivity contribution >= 4 is 5.91 Å². The predicted octanol–water partition coefficient (Wildman–Crippen LogP) is -0.213. The lowest BCUT2D eigenvalue weighted by atomic mass is 10.3. The van der Waals surface area contributed by atoms with Gasteiger partial charge in [-0.05, 0) is 6.92 Å². The first-order valence-corrected chi connectivity index (χ1v) is 3.62. The molecule has 0 unspecified atom stereocenters. The number of aryl methyl sites for hydroxylation is 1. The Balaban J connectivity index is 2.78. The number of aromatic amines is 1. The third kappa shape index (κ3) is 1.79. The first kappa shape index (κ1) is 9.13. The van der Waals surface area contributed by atoms with Crippen LogP contribution in [-0.2, 0) is 0 Å². The van der Waals surface area contributed by atoms with E-state index in [1.165, 1.54) is 0 Å². The van der Waals surface area contributed by atoms with Crippen molar-refractivity contribution in [2.75, 3.05) is 6.54 Å². The number of aromatic hydroxyl groups is 1. The van der Waals surface area contributed by atoms with Crippen LogP contribution in [0.4, 0.5) is 0 Å². The summed E-state index contributed by atoms with van der Waals surface area (Å²) in [4.78, 5) is 11.2. The highest BCUT2D eigenvalue weighted by Gasteiger charge is 2.14. The summed E-state index contributed by atoms with van der Waals surface area (Å²) in [6.45, 7) is 1.71. The van der Waals surface area contributed by atoms with E-state index in [1.54, 1.807) is 6.92 Å². The van der Waals surface area contributed by atoms with Crippen LogP contribution in [0, 0.1) is 19.3 Å². The van der Waals surface area contributed by atoms with Crippen LogP contribution >= 0.6 is 0 Å². The zero-order chi connectivity index (χ0) is 9.84. The highest BCUT2D eigenvalue weighted by molar-refractivity contribution is 5.95. The minimum absolute atomic E-state index is 0.0350. The van der Waals surface area contributed by atoms with E-state index in [9.17, 15) is 9.90 Å². The lowest BCUT2D eigenvalue weighted by Gasteiger charge is -1.97. The molecule has 0 aliphatic heterocycles. The molecule has 0 spiro atoms. The van der Waals surface area contributed by atoms with E-state index in [4.69, 9.17) is 6.42 Å². The molecule has 0 saturated carbocycles. The van der Waals surface area contributed by atoms with Crippen LogP contribution < -0.4 is 5.32 Å². The molecule has 0 atom stereocenters. The molecule has 0 radical (unpaired) electrons. The Kier molecular flexibility index (Phi) is 2.55. The Morgan fingerprint density at radius 3 is 3.00 bits per heavy atom. The fourth-order valence-electron chi connectivity index (χ4n) is 0.805. The Hall–Kier alpha value is -1.96. The van der Waals surface area contributed by atoms with Gasteiger partial charge in [0.15, 0.2) is 11.4 Å². The van der Waals surface area contributed by atoms with E-state index in [1.807, 2.05) is 0 Å². The number of aromatic nitrogens is 2. The molecule has 1 aromatic heterocycles. The van der Waals surface area contributed by atoms with Gasteiger partial charge in [-0.1, -0.05) is 5.92 Å². The van der Waals surface area contributed by atoms with Gasteiger partial charge in [0, 0.05) is 0 Å². The molecule has 1 heterocycles. The molecule has 13 heavy (non-hydrogen) atoms. The normalized spacial score (nSPS) is 9.23. The third-order valence-electron chi connectivity index (χ3n) is 1.49. The van der Waals surface area contributed by atoms with E-state index in [2.05, 4.69) is 21.4 Å². The van der Waals surface area contributed by atoms with E-state index < -0.39 is 5.91 Å². The zero-order valence-electron chi connectivity index (χ0n) is 7.09. The number of nitrogens with one attached hydrogen (secondary N) is 2. The van der Waals surface area contributed by atoms with Crippen LogP contribution in [0.15, 0.2) is 0 Å². The molecule has 5 nitrogen and oxygen atoms in total. The average Bonchev–Trinajstić information content (AvgIpc) is 2.44. The summed E-state index contributed by atoms with van der Waals surface area (Å²) >= 11 is 0. The summed E-state index contributed by atoms with van der Waals surface area (Å²) in [6.07, 6.45) is 4.95. The molecule has 0 aromatic carbocycles. The second kappa shape index (κ2) is 3.63. The van der Waals surface area contributed by atoms with Crippen LogP contribution in [-0.4, -0.2) is 27.8 Å². The third-order valence-corrected chi connectivity index (χ3v) is 1.49. The fraction of sp³-hybridized carbons (Fsp3) is 0.250. The van der Waals surface area contributed by atoms with Gasteiger partial charge in [0.2, 0.25) is 0 Å². The molecule has 68 valence electrons. The number of carbonyl (C=O) groups is 1. The van der Waals surface area contributed by atoms with E-state index in [-0.39, 0.29) is 18.0 Å². The molecule has 5 heteroatoms. The van der Waals surface area contributed by atoms with Crippen molar-refractivity contribution in [3.05, 3.63) is 11.4 Å². The standard InChI is InChI=1S/C8H9N3O2/c1-3-4-9-8(13)6-7(12)5(2)10-11-6/h1,12H,4H2,2H3,(H,9,13)(H,10,11). The summed E-state index contributed by atoms with van der Waals surface area (Å²) in [5.74, 6) is 1.64. The average molecular weight is 179 g/mol. The summed E-state index contributed by atoms with van der Waals surface area (Å²) in [5, 5.41) is 17.8. The van der Waals surface area contributed by atoms with Crippen molar-refractivity contribution in [1.82, 2.24) is 15.5 Å². The summed E-state index contributed by atoms with van der Waals surface area (Å²) in [6, 6.07) is 0. The lowest BCUT2D eigenvalue weighted by molar-refractivity contribution is 0.0951. The van der Waals surface area contributed by atoms with Crippen LogP contribution in [0.1, 0.15) is 16.2 Å². The Morgan fingerprint density at radius 1 is 1.85 bits per heavy atom. The maximum atomic E-state index is 11.2. The molecular weight excluding hydrogens is 170 g/mol. The van der Waals surface area contributed by atoms with Gasteiger partial charge in [-0.3, -0.25) is 9.89 Å². The van der Waals surface area contributed by atoms with Crippen LogP contribution in [0.2, 0.25) is 0 Å². The summed E-state index contributed by atoms with van der Waals surface area (Å²) in [7, 11) is 0. The molecule has 1 aromatic rings. The van der Waals surface area contributed by atoms with Gasteiger partial charge in [0.05, 0.1) is 6.54 Å². The van der Waals surface area contributed by atoms with Gasteiger partial charge in [-0.15, -0.1) is 6.42 Å². The highest BCUT2D eigenvalue weighted by Crippen LogP contribution is 2.17. The fourth-order valence-corrected chi connectivity index (χ4v) is 0.805. The number of rotatable bonds is 2. The van der Waals surface area contributed by atoms with Crippen molar-refractivity contribution in [3.8, 4) is 18.1 Å². The van der Waals surface area contributed by atoms with Crippen LogP contribution in [0.5, 0.6) is 5.75 Å². The molecule has 0 fully saturated rings. The quantitative estimate of drug-likeness (QED) is 0.549. The van der Waals surface area contributed by atoms with E-state index in [0.29, 0.717) is 5.69 Å². The molecule has 0 aliphatic rings. The number of terminal acetylenes is 1. The molecule has 1 amide bonds. The smallest absolute Gasteiger partial charge is 0.273 e. The van der Waals surface area contributed by atoms with Crippen molar-refractivity contribution in [3.63, 3.8) is 0 Å². The van der Waals surface area contributed by atoms with Gasteiger partial charge in [0.1, 0.15) is 5.69 Å². The number of H-pyrrole nitrogens is 1. The predicted molar refractivity (Wildman–Crippen MR) is 46.2 cm³/mol. The van der Waals surface area contributed by atoms with Gasteiger partial charge in [-0.2, -0.15) is 5.10 Å². The molecule has 0 bridgehead atoms. The highest BCUT2D eigenvalue weighted by atomic mass is 16.3. The molecule has 3 N–H and O–H groups in total. The number of carbonyl (C=O) groups excluding carboxylic acids is 1. The number of amides is 1. The topological polar surface area (TPSA) is 78.0 Å². The van der Waals surface area contributed by atoms with Crippen molar-refractivity contribution in [2.45, 2.75) is 6.92 Å². The zero-order valence-corrected chi connectivity index (χ0v) is 7.09. The molecule has 0 aliphatic carbocycles. The van der Waals surface area contributed by atoms with E-state index in [0.717, 1.165) is 0 Å². The van der Waals surface area contributed by atoms with Gasteiger partial charge >= 0.3 is 0 Å². The summed E-state index contributed by atoms with van der Waals surface area (Å²) < 4.78 is 0. The first-order valence-electron chi connectivity index (χ1n) is 3.62. The Bertz CT molecular complexity index is 362. The number of hydrogen-bond acceptors (Lipinski definition) is 3. The second-order valence-corrected chi connectivity index (χ2v) is 2.42. The van der Waals surface area contributed by atoms with E-state index >= 15 is 0 Å². The maximum Gasteiger partial charge on any atom is 0.273 e. The second-order valence-electron chi connectivity index (χ2n) is 2.42. The van der Waals surface area contributed by atoms with Gasteiger partial charge in [0.25, 0.3) is 5.91 Å². The Morgan fingerprint density at radius 2 is 2.54 bits per heavy atom. The van der Waals surface area contributed by atoms with Crippen molar-refractivity contribution in [1.29, 1.82) is 0 Å². The largest absolute Gasteiger partial charge is 0.504 e. The molecule has 0 saturated heterocycles. The first-order chi connectivity index (χ1) is 6.16. The molecular formula is C8H9N3O2. The lowest BCUT2D eigenvalue weighted by Crippen LogP contribution is -2.23. The number of hydrogen-bond donors (Lipinski definition) is 3. The number of nitrogens with zero attached hydrogens (tertiary/aromatic N) is 1. The van der Waals surface area contributed by atoms with Crippen molar-refractivity contribution < 1.29 is 9.90 Å². The van der Waals surface area contributed by atoms with Gasteiger partial charge in [-0.25, -0.2) is 0 Å². The monoisotopic (exact) mass is 179 g/mol. The summed E-state index contributed by atoms with van der Waals surface area (Å²) in [5.41, 5.74) is 0.415. The minimum atomic E-state index is -0.462.